The van der Waals surface area contributed by atoms with Crippen molar-refractivity contribution in [1.29, 1.82) is 0 Å². The molecule has 0 heterocycles. The second kappa shape index (κ2) is 12.9. The summed E-state index contributed by atoms with van der Waals surface area (Å²) in [6.07, 6.45) is 10.3. The number of likely N-dealkylation sites (N-methyl/N-ethyl adjacent to an activating group) is 1. The number of hydrogen-bond acceptors (Lipinski definition) is 6. The normalized spacial score (nSPS) is 42.2. The fraction of sp³-hybridized carbons (Fsp3) is 0.850. The molecule has 0 aromatic heterocycles. The summed E-state index contributed by atoms with van der Waals surface area (Å²) in [7, 11) is 1.56. The molecular weight excluding hydrogens is 604 g/mol. The van der Waals surface area contributed by atoms with Gasteiger partial charge < -0.3 is 15.5 Å². The molecule has 0 radical (unpaired) electrons. The van der Waals surface area contributed by atoms with E-state index in [1.165, 1.54) is 24.8 Å². The summed E-state index contributed by atoms with van der Waals surface area (Å²) < 4.78 is 0. The van der Waals surface area contributed by atoms with Crippen LogP contribution in [0.25, 0.3) is 0 Å². The lowest BCUT2D eigenvalue weighted by Gasteiger charge is -2.65. The lowest BCUT2D eigenvalue weighted by Crippen LogP contribution is -2.58. The number of carboxylic acids is 1. The first kappa shape index (κ1) is 35.8. The van der Waals surface area contributed by atoms with Gasteiger partial charge in [-0.05, 0) is 135 Å². The van der Waals surface area contributed by atoms with E-state index in [1.54, 1.807) is 7.05 Å². The topological polar surface area (TPSA) is 133 Å². The van der Waals surface area contributed by atoms with Gasteiger partial charge in [-0.15, -0.1) is 0 Å². The van der Waals surface area contributed by atoms with Gasteiger partial charge in [-0.3, -0.25) is 24.5 Å². The number of aliphatic hydroxyl groups excluding tert-OH is 1. The number of aliphatic carboxylic acids is 1. The Kier molecular flexibility index (Phi) is 9.63. The molecule has 5 saturated carbocycles. The molecule has 6 aliphatic carbocycles. The molecule has 0 saturated heterocycles. The van der Waals surface area contributed by atoms with Crippen LogP contribution >= 0.6 is 0 Å². The minimum Gasteiger partial charge on any atom is -0.481 e. The van der Waals surface area contributed by atoms with Gasteiger partial charge >= 0.3 is 5.97 Å². The van der Waals surface area contributed by atoms with E-state index in [9.17, 15) is 29.4 Å². The Hall–Kier alpha value is -2.06. The number of hydrogen-bond donors (Lipinski definition) is 4. The zero-order chi connectivity index (χ0) is 34.9. The Labute approximate surface area is 288 Å². The molecule has 0 aromatic carbocycles. The number of rotatable bonds is 10. The van der Waals surface area contributed by atoms with Crippen LogP contribution in [0.4, 0.5) is 0 Å². The maximum absolute atomic E-state index is 13.7. The van der Waals surface area contributed by atoms with Crippen molar-refractivity contribution >= 4 is 23.4 Å². The predicted molar refractivity (Wildman–Crippen MR) is 184 cm³/mol. The Morgan fingerprint density at radius 2 is 1.69 bits per heavy atom. The first-order valence-corrected chi connectivity index (χ1v) is 19.2. The number of ketones is 2. The lowest BCUT2D eigenvalue weighted by atomic mass is 9.39. The van der Waals surface area contributed by atoms with Crippen molar-refractivity contribution in [2.75, 3.05) is 13.6 Å². The molecule has 268 valence electrons. The van der Waals surface area contributed by atoms with Crippen LogP contribution in [0.15, 0.2) is 11.1 Å². The molecule has 0 spiro atoms. The number of fused-ring (bicyclic) bond motifs is 7. The van der Waals surface area contributed by atoms with Crippen LogP contribution in [-0.2, 0) is 19.2 Å². The minimum absolute atomic E-state index is 0.0571. The summed E-state index contributed by atoms with van der Waals surface area (Å²) in [6, 6.07) is 0. The number of amides is 1. The molecule has 8 nitrogen and oxygen atoms in total. The Morgan fingerprint density at radius 1 is 0.958 bits per heavy atom. The molecule has 0 aromatic rings. The van der Waals surface area contributed by atoms with Crippen LogP contribution in [0.2, 0.25) is 0 Å². The van der Waals surface area contributed by atoms with Crippen LogP contribution in [0.3, 0.4) is 0 Å². The molecule has 4 N–H and O–H groups in total. The number of aliphatic hydroxyl groups is 1. The Bertz CT molecular complexity index is 1350. The molecule has 12 unspecified atom stereocenters. The molecule has 0 aliphatic heterocycles. The van der Waals surface area contributed by atoms with Crippen molar-refractivity contribution in [2.24, 2.45) is 75.4 Å². The summed E-state index contributed by atoms with van der Waals surface area (Å²) >= 11 is 0. The highest BCUT2D eigenvalue weighted by atomic mass is 16.4. The molecule has 1 amide bonds. The molecule has 6 rings (SSSR count). The zero-order valence-electron chi connectivity index (χ0n) is 30.6. The van der Waals surface area contributed by atoms with Gasteiger partial charge in [-0.2, -0.15) is 0 Å². The second-order valence-electron chi connectivity index (χ2n) is 18.3. The van der Waals surface area contributed by atoms with E-state index in [4.69, 9.17) is 0 Å². The Balaban J connectivity index is 1.18. The standard InChI is InChI=1S/C40H62N2O6/c1-21(2)33-31(44)20-40(16-17-42-36(46)35(45)41-7)15-13-24-25-9-11-32-38(4,5)23(18-30(43)27-19-28(22(27)3)37(47)48)12-14-39(32,6)29(25)10-8-26(24)34(33)40/h21-29,32,35,41,45H,8-20H2,1-7H3,(H,42,46)(H,47,48). The second-order valence-corrected chi connectivity index (χ2v) is 18.3. The minimum atomic E-state index is -1.23. The van der Waals surface area contributed by atoms with E-state index in [0.717, 1.165) is 44.1 Å². The average molecular weight is 667 g/mol. The summed E-state index contributed by atoms with van der Waals surface area (Å²) in [5, 5.41) is 24.9. The number of Topliss-reactive ketones (excluding diaryl/α,β-unsaturated/α-hetero) is 2. The molecule has 5 fully saturated rings. The molecule has 0 bridgehead atoms. The highest BCUT2D eigenvalue weighted by Gasteiger charge is 2.63. The van der Waals surface area contributed by atoms with Crippen molar-refractivity contribution in [3.05, 3.63) is 11.1 Å². The van der Waals surface area contributed by atoms with E-state index in [1.807, 2.05) is 6.92 Å². The van der Waals surface area contributed by atoms with Gasteiger partial charge in [-0.1, -0.05) is 47.1 Å². The van der Waals surface area contributed by atoms with E-state index in [-0.39, 0.29) is 39.9 Å². The van der Waals surface area contributed by atoms with E-state index >= 15 is 0 Å². The summed E-state index contributed by atoms with van der Waals surface area (Å²) in [4.78, 5) is 51.1. The highest BCUT2D eigenvalue weighted by molar-refractivity contribution is 6.00. The van der Waals surface area contributed by atoms with Crippen LogP contribution < -0.4 is 10.6 Å². The average Bonchev–Trinajstić information content (AvgIpc) is 3.33. The largest absolute Gasteiger partial charge is 0.481 e. The van der Waals surface area contributed by atoms with Gasteiger partial charge in [-0.25, -0.2) is 0 Å². The van der Waals surface area contributed by atoms with Crippen molar-refractivity contribution in [3.8, 4) is 0 Å². The monoisotopic (exact) mass is 666 g/mol. The third kappa shape index (κ3) is 5.63. The quantitative estimate of drug-likeness (QED) is 0.205. The number of carbonyl (C=O) groups excluding carboxylic acids is 3. The van der Waals surface area contributed by atoms with Gasteiger partial charge in [0, 0.05) is 30.7 Å². The van der Waals surface area contributed by atoms with Crippen molar-refractivity contribution < 1.29 is 29.4 Å². The zero-order valence-corrected chi connectivity index (χ0v) is 30.6. The molecular formula is C40H62N2O6. The maximum Gasteiger partial charge on any atom is 0.306 e. The molecule has 48 heavy (non-hydrogen) atoms. The summed E-state index contributed by atoms with van der Waals surface area (Å²) in [6.45, 7) is 14.2. The summed E-state index contributed by atoms with van der Waals surface area (Å²) in [5.41, 5.74) is 2.63. The van der Waals surface area contributed by atoms with Crippen LogP contribution in [-0.4, -0.2) is 53.5 Å². The maximum atomic E-state index is 13.7. The van der Waals surface area contributed by atoms with Crippen LogP contribution in [0, 0.1) is 75.4 Å². The number of carbonyl (C=O) groups is 4. The SMILES string of the molecule is CNC(O)C(=O)NCCC12CCC3C(CCC4C3CCC3C(C)(C)C(CC(=O)C5CC(C(=O)O)C5C)CCC43C)C1=C(C(C)C)C(=O)C2. The molecule has 8 heteroatoms. The number of carboxylic acid groups (broad SMARTS) is 1. The number of allylic oxidation sites excluding steroid dienone is 2. The summed E-state index contributed by atoms with van der Waals surface area (Å²) in [5.74, 6) is 2.34. The van der Waals surface area contributed by atoms with Crippen molar-refractivity contribution in [1.82, 2.24) is 10.6 Å². The molecule has 6 aliphatic rings. The van der Waals surface area contributed by atoms with Gasteiger partial charge in [0.15, 0.2) is 12.0 Å². The first-order chi connectivity index (χ1) is 22.6. The van der Waals surface area contributed by atoms with E-state index in [2.05, 4.69) is 45.3 Å². The third-order valence-electron chi connectivity index (χ3n) is 15.7. The third-order valence-corrected chi connectivity index (χ3v) is 15.7. The Morgan fingerprint density at radius 3 is 2.33 bits per heavy atom. The van der Waals surface area contributed by atoms with Gasteiger partial charge in [0.25, 0.3) is 5.91 Å². The van der Waals surface area contributed by atoms with Crippen LogP contribution in [0.5, 0.6) is 0 Å². The molecule has 12 atom stereocenters. The fourth-order valence-electron chi connectivity index (χ4n) is 13.2. The van der Waals surface area contributed by atoms with Gasteiger partial charge in [0.05, 0.1) is 5.92 Å². The lowest BCUT2D eigenvalue weighted by molar-refractivity contribution is -0.162. The van der Waals surface area contributed by atoms with E-state index in [0.29, 0.717) is 72.9 Å². The van der Waals surface area contributed by atoms with Gasteiger partial charge in [0.2, 0.25) is 0 Å². The predicted octanol–water partition coefficient (Wildman–Crippen LogP) is 6.16. The smallest absolute Gasteiger partial charge is 0.306 e. The first-order valence-electron chi connectivity index (χ1n) is 19.2. The highest BCUT2D eigenvalue weighted by Crippen LogP contribution is 2.70. The van der Waals surface area contributed by atoms with Crippen LogP contribution in [0.1, 0.15) is 119 Å². The van der Waals surface area contributed by atoms with Gasteiger partial charge in [0.1, 0.15) is 5.78 Å². The number of nitrogens with one attached hydrogen (secondary N) is 2. The van der Waals surface area contributed by atoms with Crippen molar-refractivity contribution in [3.63, 3.8) is 0 Å². The fourth-order valence-corrected chi connectivity index (χ4v) is 13.2. The van der Waals surface area contributed by atoms with Crippen molar-refractivity contribution in [2.45, 2.75) is 125 Å². The van der Waals surface area contributed by atoms with E-state index < -0.39 is 18.1 Å².